The Morgan fingerprint density at radius 3 is 2.61 bits per heavy atom. The SMILES string of the molecule is CCC(=CCNC1(C)CCS(=O)(=O)C1)C(=O)OC. The van der Waals surface area contributed by atoms with Gasteiger partial charge >= 0.3 is 5.97 Å². The number of hydrogen-bond donors (Lipinski definition) is 1. The minimum absolute atomic E-state index is 0.160. The fourth-order valence-electron chi connectivity index (χ4n) is 2.07. The second kappa shape index (κ2) is 5.84. The number of carbonyl (C=O) groups excluding carboxylic acids is 1. The van der Waals surface area contributed by atoms with Crippen molar-refractivity contribution in [2.75, 3.05) is 25.2 Å². The Morgan fingerprint density at radius 1 is 1.50 bits per heavy atom. The molecule has 1 saturated heterocycles. The Bertz CT molecular complexity index is 441. The molecule has 1 rings (SSSR count). The zero-order chi connectivity index (χ0) is 13.8. The van der Waals surface area contributed by atoms with Crippen LogP contribution in [0.3, 0.4) is 0 Å². The average molecular weight is 275 g/mol. The number of methoxy groups -OCH3 is 1. The number of esters is 1. The van der Waals surface area contributed by atoms with E-state index in [-0.39, 0.29) is 23.0 Å². The molecule has 1 N–H and O–H groups in total. The van der Waals surface area contributed by atoms with Crippen molar-refractivity contribution in [3.8, 4) is 0 Å². The van der Waals surface area contributed by atoms with Crippen LogP contribution in [0, 0.1) is 0 Å². The number of sulfone groups is 1. The molecule has 0 aliphatic carbocycles. The van der Waals surface area contributed by atoms with Crippen LogP contribution in [0.2, 0.25) is 0 Å². The summed E-state index contributed by atoms with van der Waals surface area (Å²) in [5.74, 6) is 0.0641. The van der Waals surface area contributed by atoms with Gasteiger partial charge in [-0.2, -0.15) is 0 Å². The molecule has 0 spiro atoms. The number of hydrogen-bond acceptors (Lipinski definition) is 5. The summed E-state index contributed by atoms with van der Waals surface area (Å²) in [6.45, 7) is 4.25. The minimum Gasteiger partial charge on any atom is -0.466 e. The number of rotatable bonds is 5. The van der Waals surface area contributed by atoms with Crippen LogP contribution in [-0.4, -0.2) is 45.1 Å². The third kappa shape index (κ3) is 4.10. The number of carbonyl (C=O) groups is 1. The van der Waals surface area contributed by atoms with E-state index >= 15 is 0 Å². The van der Waals surface area contributed by atoms with Crippen LogP contribution in [0.4, 0.5) is 0 Å². The molecule has 104 valence electrons. The summed E-state index contributed by atoms with van der Waals surface area (Å²) in [5.41, 5.74) is 0.221. The molecular weight excluding hydrogens is 254 g/mol. The van der Waals surface area contributed by atoms with Gasteiger partial charge in [0.15, 0.2) is 9.84 Å². The first kappa shape index (κ1) is 15.2. The van der Waals surface area contributed by atoms with Crippen molar-refractivity contribution >= 4 is 15.8 Å². The first-order chi connectivity index (χ1) is 8.32. The van der Waals surface area contributed by atoms with E-state index in [1.807, 2.05) is 13.8 Å². The van der Waals surface area contributed by atoms with Crippen LogP contribution in [-0.2, 0) is 19.4 Å². The second-order valence-electron chi connectivity index (χ2n) is 4.86. The molecule has 18 heavy (non-hydrogen) atoms. The molecule has 0 saturated carbocycles. The van der Waals surface area contributed by atoms with Gasteiger partial charge in [0.05, 0.1) is 18.6 Å². The van der Waals surface area contributed by atoms with Crippen molar-refractivity contribution in [2.24, 2.45) is 0 Å². The normalized spacial score (nSPS) is 27.2. The van der Waals surface area contributed by atoms with Gasteiger partial charge < -0.3 is 10.1 Å². The molecule has 5 nitrogen and oxygen atoms in total. The summed E-state index contributed by atoms with van der Waals surface area (Å²) >= 11 is 0. The third-order valence-electron chi connectivity index (χ3n) is 3.21. The minimum atomic E-state index is -2.91. The molecular formula is C12H21NO4S. The summed E-state index contributed by atoms with van der Waals surface area (Å²) in [5, 5.41) is 3.19. The van der Waals surface area contributed by atoms with E-state index in [1.165, 1.54) is 7.11 Å². The Labute approximate surface area is 109 Å². The van der Waals surface area contributed by atoms with Crippen LogP contribution >= 0.6 is 0 Å². The standard InChI is InChI=1S/C12H21NO4S/c1-4-10(11(14)17-3)5-7-13-12(2)6-8-18(15,16)9-12/h5,13H,4,6-9H2,1-3H3. The first-order valence-electron chi connectivity index (χ1n) is 6.05. The monoisotopic (exact) mass is 275 g/mol. The summed E-state index contributed by atoms with van der Waals surface area (Å²) in [7, 11) is -1.55. The predicted molar refractivity (Wildman–Crippen MR) is 70.1 cm³/mol. The second-order valence-corrected chi connectivity index (χ2v) is 7.04. The maximum atomic E-state index is 11.4. The molecule has 1 unspecified atom stereocenters. The lowest BCUT2D eigenvalue weighted by atomic mass is 10.0. The largest absolute Gasteiger partial charge is 0.466 e. The summed E-state index contributed by atoms with van der Waals surface area (Å²) in [6.07, 6.45) is 2.98. The fraction of sp³-hybridized carbons (Fsp3) is 0.750. The summed E-state index contributed by atoms with van der Waals surface area (Å²) < 4.78 is 27.5. The van der Waals surface area contributed by atoms with Crippen LogP contribution < -0.4 is 5.32 Å². The van der Waals surface area contributed by atoms with Gasteiger partial charge in [0, 0.05) is 17.7 Å². The van der Waals surface area contributed by atoms with Gasteiger partial charge in [0.2, 0.25) is 0 Å². The van der Waals surface area contributed by atoms with Gasteiger partial charge in [-0.3, -0.25) is 0 Å². The maximum absolute atomic E-state index is 11.4. The molecule has 1 aliphatic rings. The lowest BCUT2D eigenvalue weighted by molar-refractivity contribution is -0.136. The lowest BCUT2D eigenvalue weighted by Gasteiger charge is -2.23. The number of nitrogens with one attached hydrogen (secondary N) is 1. The van der Waals surface area contributed by atoms with Crippen molar-refractivity contribution in [1.82, 2.24) is 5.32 Å². The Balaban J connectivity index is 2.56. The maximum Gasteiger partial charge on any atom is 0.333 e. The zero-order valence-electron chi connectivity index (χ0n) is 11.2. The summed E-state index contributed by atoms with van der Waals surface area (Å²) in [6, 6.07) is 0. The molecule has 1 aliphatic heterocycles. The molecule has 0 aromatic rings. The Morgan fingerprint density at radius 2 is 2.17 bits per heavy atom. The van der Waals surface area contributed by atoms with E-state index in [4.69, 9.17) is 0 Å². The predicted octanol–water partition coefficient (Wildman–Crippen LogP) is 0.663. The zero-order valence-corrected chi connectivity index (χ0v) is 12.0. The highest BCUT2D eigenvalue weighted by Gasteiger charge is 2.37. The van der Waals surface area contributed by atoms with Crippen LogP contribution in [0.15, 0.2) is 11.6 Å². The first-order valence-corrected chi connectivity index (χ1v) is 7.87. The molecule has 1 fully saturated rings. The van der Waals surface area contributed by atoms with Crippen molar-refractivity contribution in [3.63, 3.8) is 0 Å². The van der Waals surface area contributed by atoms with Gasteiger partial charge in [0.25, 0.3) is 0 Å². The highest BCUT2D eigenvalue weighted by molar-refractivity contribution is 7.91. The molecule has 0 amide bonds. The van der Waals surface area contributed by atoms with E-state index in [2.05, 4.69) is 10.1 Å². The fourth-order valence-corrected chi connectivity index (χ4v) is 4.20. The molecule has 1 heterocycles. The van der Waals surface area contributed by atoms with Gasteiger partial charge in [-0.05, 0) is 19.8 Å². The topological polar surface area (TPSA) is 72.5 Å². The quantitative estimate of drug-likeness (QED) is 0.589. The average Bonchev–Trinajstić information content (AvgIpc) is 2.58. The molecule has 0 radical (unpaired) electrons. The highest BCUT2D eigenvalue weighted by Crippen LogP contribution is 2.22. The molecule has 1 atom stereocenters. The van der Waals surface area contributed by atoms with Crippen molar-refractivity contribution in [3.05, 3.63) is 11.6 Å². The molecule has 6 heteroatoms. The van der Waals surface area contributed by atoms with E-state index < -0.39 is 9.84 Å². The highest BCUT2D eigenvalue weighted by atomic mass is 32.2. The molecule has 0 bridgehead atoms. The summed E-state index contributed by atoms with van der Waals surface area (Å²) in [4.78, 5) is 11.3. The smallest absolute Gasteiger partial charge is 0.333 e. The Hall–Kier alpha value is -0.880. The van der Waals surface area contributed by atoms with E-state index in [0.29, 0.717) is 25.0 Å². The molecule has 0 aromatic carbocycles. The van der Waals surface area contributed by atoms with Crippen LogP contribution in [0.5, 0.6) is 0 Å². The third-order valence-corrected chi connectivity index (χ3v) is 5.11. The van der Waals surface area contributed by atoms with E-state index in [0.717, 1.165) is 0 Å². The van der Waals surface area contributed by atoms with Gasteiger partial charge in [-0.15, -0.1) is 0 Å². The van der Waals surface area contributed by atoms with Gasteiger partial charge in [-0.25, -0.2) is 13.2 Å². The lowest BCUT2D eigenvalue weighted by Crippen LogP contribution is -2.43. The van der Waals surface area contributed by atoms with Crippen molar-refractivity contribution in [2.45, 2.75) is 32.2 Å². The molecule has 0 aromatic heterocycles. The van der Waals surface area contributed by atoms with E-state index in [1.54, 1.807) is 6.08 Å². The Kier molecular flexibility index (Phi) is 4.92. The van der Waals surface area contributed by atoms with Gasteiger partial charge in [0.1, 0.15) is 0 Å². The van der Waals surface area contributed by atoms with Crippen molar-refractivity contribution in [1.29, 1.82) is 0 Å². The van der Waals surface area contributed by atoms with E-state index in [9.17, 15) is 13.2 Å². The van der Waals surface area contributed by atoms with Crippen LogP contribution in [0.1, 0.15) is 26.7 Å². The van der Waals surface area contributed by atoms with Crippen LogP contribution in [0.25, 0.3) is 0 Å². The van der Waals surface area contributed by atoms with Gasteiger partial charge in [-0.1, -0.05) is 13.0 Å². The number of ether oxygens (including phenoxy) is 1. The van der Waals surface area contributed by atoms with Crippen molar-refractivity contribution < 1.29 is 17.9 Å².